The van der Waals surface area contributed by atoms with Crippen molar-refractivity contribution in [3.05, 3.63) is 48.2 Å². The van der Waals surface area contributed by atoms with Crippen molar-refractivity contribution >= 4 is 5.71 Å². The zero-order chi connectivity index (χ0) is 9.10. The molecule has 0 saturated carbocycles. The molecule has 2 rings (SSSR count). The van der Waals surface area contributed by atoms with Gasteiger partial charge >= 0.3 is 0 Å². The number of nitrogens with two attached hydrogens (primary N) is 1. The number of benzene rings is 1. The Morgan fingerprint density at radius 1 is 1.23 bits per heavy atom. The molecule has 0 fully saturated rings. The fourth-order valence-corrected chi connectivity index (χ4v) is 1.13. The lowest BCUT2D eigenvalue weighted by Crippen LogP contribution is -2.38. The zero-order valence-electron chi connectivity index (χ0n) is 7.01. The summed E-state index contributed by atoms with van der Waals surface area (Å²) >= 11 is 0. The average molecular weight is 174 g/mol. The van der Waals surface area contributed by atoms with Gasteiger partial charge in [0.15, 0.2) is 0 Å². The van der Waals surface area contributed by atoms with Gasteiger partial charge < -0.3 is 0 Å². The Morgan fingerprint density at radius 2 is 2.00 bits per heavy atom. The first kappa shape index (κ1) is 7.82. The SMILES string of the molecule is NN1N=C(c2ccccc2)C=CN1. The molecule has 0 aliphatic carbocycles. The van der Waals surface area contributed by atoms with Gasteiger partial charge in [-0.25, -0.2) is 5.84 Å². The van der Waals surface area contributed by atoms with Crippen molar-refractivity contribution in [2.75, 3.05) is 0 Å². The smallest absolute Gasteiger partial charge is 0.0955 e. The Balaban J connectivity index is 2.32. The van der Waals surface area contributed by atoms with Crippen molar-refractivity contribution in [2.24, 2.45) is 10.9 Å². The Morgan fingerprint density at radius 3 is 2.69 bits per heavy atom. The minimum absolute atomic E-state index is 0.849. The van der Waals surface area contributed by atoms with Gasteiger partial charge in [-0.15, -0.1) is 10.3 Å². The monoisotopic (exact) mass is 174 g/mol. The maximum absolute atomic E-state index is 5.45. The lowest BCUT2D eigenvalue weighted by molar-refractivity contribution is 0.237. The first-order chi connectivity index (χ1) is 6.36. The average Bonchev–Trinajstić information content (AvgIpc) is 2.19. The van der Waals surface area contributed by atoms with E-state index in [1.807, 2.05) is 36.4 Å². The maximum atomic E-state index is 5.45. The molecule has 1 aromatic rings. The normalized spacial score (nSPS) is 15.2. The second kappa shape index (κ2) is 3.28. The van der Waals surface area contributed by atoms with Crippen molar-refractivity contribution in [1.29, 1.82) is 0 Å². The molecule has 1 aromatic carbocycles. The van der Waals surface area contributed by atoms with Gasteiger partial charge in [0, 0.05) is 11.8 Å². The number of hydrazone groups is 1. The number of rotatable bonds is 1. The maximum Gasteiger partial charge on any atom is 0.0955 e. The van der Waals surface area contributed by atoms with Crippen LogP contribution in [0.15, 0.2) is 47.7 Å². The second-order valence-electron chi connectivity index (χ2n) is 2.66. The third-order valence-electron chi connectivity index (χ3n) is 1.73. The Bertz CT molecular complexity index is 342. The van der Waals surface area contributed by atoms with Crippen molar-refractivity contribution in [1.82, 2.24) is 10.7 Å². The van der Waals surface area contributed by atoms with Crippen LogP contribution in [0.1, 0.15) is 5.56 Å². The number of hydrazine groups is 2. The summed E-state index contributed by atoms with van der Waals surface area (Å²) in [6.45, 7) is 0. The summed E-state index contributed by atoms with van der Waals surface area (Å²) in [6, 6.07) is 9.88. The molecule has 0 radical (unpaired) electrons. The highest BCUT2D eigenvalue weighted by atomic mass is 15.8. The molecule has 3 N–H and O–H groups in total. The van der Waals surface area contributed by atoms with Gasteiger partial charge in [0.1, 0.15) is 0 Å². The van der Waals surface area contributed by atoms with E-state index in [0.717, 1.165) is 11.3 Å². The third kappa shape index (κ3) is 1.68. The lowest BCUT2D eigenvalue weighted by Gasteiger charge is -2.16. The Kier molecular flexibility index (Phi) is 1.97. The molecule has 0 atom stereocenters. The molecule has 1 aliphatic rings. The minimum atomic E-state index is 0.849. The number of nitrogens with one attached hydrogen (secondary N) is 1. The summed E-state index contributed by atoms with van der Waals surface area (Å²) in [6.07, 6.45) is 3.62. The summed E-state index contributed by atoms with van der Waals surface area (Å²) in [4.78, 5) is 0. The quantitative estimate of drug-likeness (QED) is 0.613. The van der Waals surface area contributed by atoms with E-state index in [2.05, 4.69) is 10.5 Å². The van der Waals surface area contributed by atoms with Gasteiger partial charge in [-0.05, 0) is 6.08 Å². The molecular formula is C9H10N4. The van der Waals surface area contributed by atoms with Crippen LogP contribution >= 0.6 is 0 Å². The zero-order valence-corrected chi connectivity index (χ0v) is 7.01. The van der Waals surface area contributed by atoms with Gasteiger partial charge in [-0.1, -0.05) is 30.3 Å². The van der Waals surface area contributed by atoms with Crippen molar-refractivity contribution in [3.8, 4) is 0 Å². The fraction of sp³-hybridized carbons (Fsp3) is 0. The van der Waals surface area contributed by atoms with Gasteiger partial charge in [-0.2, -0.15) is 0 Å². The highest BCUT2D eigenvalue weighted by Gasteiger charge is 2.03. The Labute approximate surface area is 76.3 Å². The van der Waals surface area contributed by atoms with Crippen LogP contribution in [0.2, 0.25) is 0 Å². The van der Waals surface area contributed by atoms with E-state index in [9.17, 15) is 0 Å². The minimum Gasteiger partial charge on any atom is -0.275 e. The van der Waals surface area contributed by atoms with E-state index >= 15 is 0 Å². The van der Waals surface area contributed by atoms with Crippen LogP contribution in [0, 0.1) is 0 Å². The van der Waals surface area contributed by atoms with Crippen LogP contribution in [0.3, 0.4) is 0 Å². The highest BCUT2D eigenvalue weighted by molar-refractivity contribution is 6.08. The Hall–Kier alpha value is -1.81. The number of nitrogens with zero attached hydrogens (tertiary/aromatic N) is 2. The summed E-state index contributed by atoms with van der Waals surface area (Å²) in [7, 11) is 0. The van der Waals surface area contributed by atoms with Gasteiger partial charge in [0.05, 0.1) is 5.71 Å². The number of hydrogen-bond donors (Lipinski definition) is 2. The molecule has 66 valence electrons. The first-order valence-electron chi connectivity index (χ1n) is 3.98. The molecule has 0 bridgehead atoms. The van der Waals surface area contributed by atoms with Crippen molar-refractivity contribution in [3.63, 3.8) is 0 Å². The third-order valence-corrected chi connectivity index (χ3v) is 1.73. The molecule has 1 heterocycles. The molecule has 1 aliphatic heterocycles. The van der Waals surface area contributed by atoms with Crippen molar-refractivity contribution in [2.45, 2.75) is 0 Å². The fourth-order valence-electron chi connectivity index (χ4n) is 1.13. The van der Waals surface area contributed by atoms with E-state index in [1.54, 1.807) is 6.20 Å². The molecule has 0 aromatic heterocycles. The predicted molar refractivity (Wildman–Crippen MR) is 51.3 cm³/mol. The topological polar surface area (TPSA) is 53.6 Å². The molecule has 0 saturated heterocycles. The van der Waals surface area contributed by atoms with E-state index in [1.165, 1.54) is 5.23 Å². The highest BCUT2D eigenvalue weighted by Crippen LogP contribution is 2.04. The molecule has 0 unspecified atom stereocenters. The second-order valence-corrected chi connectivity index (χ2v) is 2.66. The number of hydrogen-bond acceptors (Lipinski definition) is 4. The first-order valence-corrected chi connectivity index (χ1v) is 3.98. The van der Waals surface area contributed by atoms with Gasteiger partial charge in [0.25, 0.3) is 0 Å². The van der Waals surface area contributed by atoms with Crippen molar-refractivity contribution < 1.29 is 0 Å². The summed E-state index contributed by atoms with van der Waals surface area (Å²) in [5.41, 5.74) is 4.63. The molecular weight excluding hydrogens is 164 g/mol. The van der Waals surface area contributed by atoms with Gasteiger partial charge in [-0.3, -0.25) is 5.43 Å². The summed E-state index contributed by atoms with van der Waals surface area (Å²) in [5.74, 6) is 5.45. The van der Waals surface area contributed by atoms with Crippen LogP contribution in [0.5, 0.6) is 0 Å². The van der Waals surface area contributed by atoms with Crippen LogP contribution < -0.4 is 11.3 Å². The van der Waals surface area contributed by atoms with Gasteiger partial charge in [0.2, 0.25) is 0 Å². The molecule has 4 heteroatoms. The molecule has 13 heavy (non-hydrogen) atoms. The van der Waals surface area contributed by atoms with E-state index < -0.39 is 0 Å². The van der Waals surface area contributed by atoms with Crippen LogP contribution in [0.25, 0.3) is 0 Å². The summed E-state index contributed by atoms with van der Waals surface area (Å²) < 4.78 is 0. The lowest BCUT2D eigenvalue weighted by atomic mass is 10.1. The van der Waals surface area contributed by atoms with E-state index in [4.69, 9.17) is 5.84 Å². The predicted octanol–water partition coefficient (Wildman–Crippen LogP) is 0.598. The largest absolute Gasteiger partial charge is 0.275 e. The van der Waals surface area contributed by atoms with Crippen LogP contribution in [-0.4, -0.2) is 10.9 Å². The molecule has 4 nitrogen and oxygen atoms in total. The summed E-state index contributed by atoms with van der Waals surface area (Å²) in [5, 5.41) is 5.27. The standard InChI is InChI=1S/C9H10N4/c10-13-11-7-6-9(12-13)8-4-2-1-3-5-8/h1-7,11H,10H2. The van der Waals surface area contributed by atoms with E-state index in [-0.39, 0.29) is 0 Å². The van der Waals surface area contributed by atoms with Crippen LogP contribution in [0.4, 0.5) is 0 Å². The number of allylic oxidation sites excluding steroid dienone is 1. The molecule has 0 spiro atoms. The molecule has 0 amide bonds. The van der Waals surface area contributed by atoms with Crippen LogP contribution in [-0.2, 0) is 0 Å². The van der Waals surface area contributed by atoms with E-state index in [0.29, 0.717) is 0 Å².